The Morgan fingerprint density at radius 1 is 1.04 bits per heavy atom. The lowest BCUT2D eigenvalue weighted by Crippen LogP contribution is -2.52. The van der Waals surface area contributed by atoms with Crippen LogP contribution < -0.4 is 10.2 Å². The fourth-order valence-corrected chi connectivity index (χ4v) is 3.35. The molecule has 2 amide bonds. The zero-order valence-corrected chi connectivity index (χ0v) is 15.2. The van der Waals surface area contributed by atoms with Gasteiger partial charge in [0.25, 0.3) is 0 Å². The molecule has 0 aliphatic carbocycles. The maximum absolute atomic E-state index is 12.9. The highest BCUT2D eigenvalue weighted by Crippen LogP contribution is 2.22. The van der Waals surface area contributed by atoms with E-state index in [-0.39, 0.29) is 11.8 Å². The highest BCUT2D eigenvalue weighted by atomic mass is 19.1. The SMILES string of the molecule is CCc1ccccc1N1CCN(C(=O)NCCc2ccc(F)cc2)CC1. The molecule has 4 nitrogen and oxygen atoms in total. The molecule has 2 aromatic carbocycles. The number of halogens is 1. The molecule has 0 bridgehead atoms. The summed E-state index contributed by atoms with van der Waals surface area (Å²) in [6.07, 6.45) is 1.72. The maximum atomic E-state index is 12.9. The largest absolute Gasteiger partial charge is 0.368 e. The quantitative estimate of drug-likeness (QED) is 0.891. The Balaban J connectivity index is 1.45. The Kier molecular flexibility index (Phi) is 6.10. The van der Waals surface area contributed by atoms with Crippen molar-refractivity contribution in [2.75, 3.05) is 37.6 Å². The van der Waals surface area contributed by atoms with Crippen molar-refractivity contribution >= 4 is 11.7 Å². The smallest absolute Gasteiger partial charge is 0.317 e. The van der Waals surface area contributed by atoms with Crippen LogP contribution in [0.3, 0.4) is 0 Å². The molecule has 2 aromatic rings. The van der Waals surface area contributed by atoms with E-state index in [9.17, 15) is 9.18 Å². The number of para-hydroxylation sites is 1. The summed E-state index contributed by atoms with van der Waals surface area (Å²) in [5.74, 6) is -0.236. The Bertz CT molecular complexity index is 724. The number of nitrogens with zero attached hydrogens (tertiary/aromatic N) is 2. The van der Waals surface area contributed by atoms with Gasteiger partial charge in [0, 0.05) is 38.4 Å². The Morgan fingerprint density at radius 3 is 2.42 bits per heavy atom. The van der Waals surface area contributed by atoms with Crippen molar-refractivity contribution in [3.63, 3.8) is 0 Å². The number of urea groups is 1. The Morgan fingerprint density at radius 2 is 1.73 bits per heavy atom. The maximum Gasteiger partial charge on any atom is 0.317 e. The van der Waals surface area contributed by atoms with E-state index in [2.05, 4.69) is 41.4 Å². The van der Waals surface area contributed by atoms with Crippen molar-refractivity contribution < 1.29 is 9.18 Å². The fraction of sp³-hybridized carbons (Fsp3) is 0.381. The van der Waals surface area contributed by atoms with Crippen molar-refractivity contribution in [2.24, 2.45) is 0 Å². The van der Waals surface area contributed by atoms with Crippen LogP contribution in [-0.4, -0.2) is 43.7 Å². The second kappa shape index (κ2) is 8.70. The molecule has 3 rings (SSSR count). The molecule has 1 aliphatic rings. The van der Waals surface area contributed by atoms with Crippen molar-refractivity contribution in [2.45, 2.75) is 19.8 Å². The second-order valence-electron chi connectivity index (χ2n) is 6.56. The molecule has 0 unspecified atom stereocenters. The van der Waals surface area contributed by atoms with E-state index in [1.54, 1.807) is 12.1 Å². The number of rotatable bonds is 5. The lowest BCUT2D eigenvalue weighted by atomic mass is 10.1. The van der Waals surface area contributed by atoms with E-state index in [1.165, 1.54) is 23.4 Å². The number of carbonyl (C=O) groups excluding carboxylic acids is 1. The summed E-state index contributed by atoms with van der Waals surface area (Å²) in [5, 5.41) is 2.97. The van der Waals surface area contributed by atoms with Gasteiger partial charge in [-0.1, -0.05) is 37.3 Å². The number of aryl methyl sites for hydroxylation is 1. The molecule has 0 atom stereocenters. The van der Waals surface area contributed by atoms with E-state index < -0.39 is 0 Å². The van der Waals surface area contributed by atoms with Gasteiger partial charge in [0.1, 0.15) is 5.82 Å². The van der Waals surface area contributed by atoms with Crippen molar-refractivity contribution in [1.29, 1.82) is 0 Å². The molecule has 0 saturated carbocycles. The van der Waals surface area contributed by atoms with Gasteiger partial charge in [-0.2, -0.15) is 0 Å². The average Bonchev–Trinajstić information content (AvgIpc) is 2.69. The minimum atomic E-state index is -0.236. The number of anilines is 1. The van der Waals surface area contributed by atoms with Gasteiger partial charge in [-0.25, -0.2) is 9.18 Å². The highest BCUT2D eigenvalue weighted by molar-refractivity contribution is 5.74. The number of carbonyl (C=O) groups is 1. The van der Waals surface area contributed by atoms with Gasteiger partial charge in [0.15, 0.2) is 0 Å². The van der Waals surface area contributed by atoms with Gasteiger partial charge in [-0.15, -0.1) is 0 Å². The van der Waals surface area contributed by atoms with Crippen LogP contribution in [-0.2, 0) is 12.8 Å². The third-order valence-corrected chi connectivity index (χ3v) is 4.88. The second-order valence-corrected chi connectivity index (χ2v) is 6.56. The number of piperazine rings is 1. The van der Waals surface area contributed by atoms with Crippen LogP contribution in [0.5, 0.6) is 0 Å². The summed E-state index contributed by atoms with van der Waals surface area (Å²) in [6, 6.07) is 14.9. The van der Waals surface area contributed by atoms with E-state index in [0.29, 0.717) is 13.0 Å². The minimum absolute atomic E-state index is 0.0180. The number of amides is 2. The van der Waals surface area contributed by atoms with Crippen molar-refractivity contribution in [1.82, 2.24) is 10.2 Å². The predicted molar refractivity (Wildman–Crippen MR) is 103 cm³/mol. The van der Waals surface area contributed by atoms with E-state index in [4.69, 9.17) is 0 Å². The Labute approximate surface area is 154 Å². The molecular formula is C21H26FN3O. The predicted octanol–water partition coefficient (Wildman–Crippen LogP) is 3.46. The standard InChI is InChI=1S/C21H26FN3O/c1-2-18-5-3-4-6-20(18)24-13-15-25(16-14-24)21(26)23-12-11-17-7-9-19(22)10-8-17/h3-10H,2,11-16H2,1H3,(H,23,26). The zero-order chi connectivity index (χ0) is 18.4. The summed E-state index contributed by atoms with van der Waals surface area (Å²) >= 11 is 0. The van der Waals surface area contributed by atoms with Crippen LogP contribution in [0.1, 0.15) is 18.1 Å². The molecule has 0 aromatic heterocycles. The van der Waals surface area contributed by atoms with Gasteiger partial charge >= 0.3 is 6.03 Å². The molecule has 1 saturated heterocycles. The summed E-state index contributed by atoms with van der Waals surface area (Å²) in [4.78, 5) is 16.6. The molecule has 1 N–H and O–H groups in total. The van der Waals surface area contributed by atoms with Gasteiger partial charge < -0.3 is 15.1 Å². The zero-order valence-electron chi connectivity index (χ0n) is 15.2. The van der Waals surface area contributed by atoms with E-state index >= 15 is 0 Å². The molecule has 5 heteroatoms. The molecule has 138 valence electrons. The lowest BCUT2D eigenvalue weighted by molar-refractivity contribution is 0.194. The Hall–Kier alpha value is -2.56. The number of hydrogen-bond acceptors (Lipinski definition) is 2. The molecule has 1 aliphatic heterocycles. The van der Waals surface area contributed by atoms with E-state index in [0.717, 1.165) is 38.2 Å². The monoisotopic (exact) mass is 355 g/mol. The average molecular weight is 355 g/mol. The lowest BCUT2D eigenvalue weighted by Gasteiger charge is -2.37. The van der Waals surface area contributed by atoms with Crippen LogP contribution in [0.2, 0.25) is 0 Å². The van der Waals surface area contributed by atoms with Crippen LogP contribution >= 0.6 is 0 Å². The first-order valence-corrected chi connectivity index (χ1v) is 9.27. The molecule has 1 heterocycles. The third kappa shape index (κ3) is 4.54. The summed E-state index contributed by atoms with van der Waals surface area (Å²) in [6.45, 7) is 5.87. The van der Waals surface area contributed by atoms with Crippen LogP contribution in [0.25, 0.3) is 0 Å². The molecular weight excluding hydrogens is 329 g/mol. The third-order valence-electron chi connectivity index (χ3n) is 4.88. The van der Waals surface area contributed by atoms with Crippen LogP contribution in [0.15, 0.2) is 48.5 Å². The summed E-state index contributed by atoms with van der Waals surface area (Å²) in [7, 11) is 0. The summed E-state index contributed by atoms with van der Waals surface area (Å²) in [5.41, 5.74) is 3.66. The van der Waals surface area contributed by atoms with Gasteiger partial charge in [0.2, 0.25) is 0 Å². The first-order chi connectivity index (χ1) is 12.7. The number of benzene rings is 2. The van der Waals surface area contributed by atoms with Crippen LogP contribution in [0, 0.1) is 5.82 Å². The topological polar surface area (TPSA) is 35.6 Å². The normalized spacial score (nSPS) is 14.4. The van der Waals surface area contributed by atoms with Gasteiger partial charge in [-0.3, -0.25) is 0 Å². The minimum Gasteiger partial charge on any atom is -0.368 e. The molecule has 0 radical (unpaired) electrons. The van der Waals surface area contributed by atoms with Crippen molar-refractivity contribution in [3.8, 4) is 0 Å². The van der Waals surface area contributed by atoms with E-state index in [1.807, 2.05) is 4.90 Å². The molecule has 0 spiro atoms. The molecule has 26 heavy (non-hydrogen) atoms. The van der Waals surface area contributed by atoms with Gasteiger partial charge in [0.05, 0.1) is 0 Å². The first-order valence-electron chi connectivity index (χ1n) is 9.27. The molecule has 1 fully saturated rings. The number of hydrogen-bond donors (Lipinski definition) is 1. The van der Waals surface area contributed by atoms with Crippen molar-refractivity contribution in [3.05, 3.63) is 65.5 Å². The van der Waals surface area contributed by atoms with Gasteiger partial charge in [-0.05, 0) is 42.2 Å². The highest BCUT2D eigenvalue weighted by Gasteiger charge is 2.21. The summed E-state index contributed by atoms with van der Waals surface area (Å²) < 4.78 is 12.9. The van der Waals surface area contributed by atoms with Crippen LogP contribution in [0.4, 0.5) is 14.9 Å². The fourth-order valence-electron chi connectivity index (χ4n) is 3.35. The first kappa shape index (κ1) is 18.2. The number of nitrogens with one attached hydrogen (secondary N) is 1.